The van der Waals surface area contributed by atoms with Crippen LogP contribution in [0.2, 0.25) is 0 Å². The van der Waals surface area contributed by atoms with E-state index in [-0.39, 0.29) is 11.7 Å². The summed E-state index contributed by atoms with van der Waals surface area (Å²) in [5.41, 5.74) is 7.15. The highest BCUT2D eigenvalue weighted by Gasteiger charge is 2.31. The lowest BCUT2D eigenvalue weighted by atomic mass is 10.2. The van der Waals surface area contributed by atoms with E-state index in [4.69, 9.17) is 10.7 Å². The number of benzene rings is 1. The summed E-state index contributed by atoms with van der Waals surface area (Å²) in [6.45, 7) is 1.62. The molecule has 0 unspecified atom stereocenters. The minimum Gasteiger partial charge on any atom is -0.369 e. The monoisotopic (exact) mass is 340 g/mol. The molecule has 2 N–H and O–H groups in total. The standard InChI is InChI=1S/C16H16N6OS/c17-13(23)10-24-16-20-15-12(14-18-7-4-8-21(14)16)9-19-22(15)11-5-2-1-3-6-11/h1-3,5-6,9H,4,7-8,10H2,(H2,17,23). The Morgan fingerprint density at radius 1 is 1.29 bits per heavy atom. The van der Waals surface area contributed by atoms with Crippen molar-refractivity contribution in [3.63, 3.8) is 0 Å². The molecule has 0 saturated carbocycles. The first kappa shape index (κ1) is 14.9. The van der Waals surface area contributed by atoms with Gasteiger partial charge in [-0.25, -0.2) is 9.67 Å². The van der Waals surface area contributed by atoms with Gasteiger partial charge in [0.05, 0.1) is 23.2 Å². The van der Waals surface area contributed by atoms with E-state index >= 15 is 0 Å². The van der Waals surface area contributed by atoms with E-state index in [1.54, 1.807) is 10.9 Å². The molecule has 8 heteroatoms. The summed E-state index contributed by atoms with van der Waals surface area (Å²) in [4.78, 5) is 22.6. The molecule has 4 rings (SSSR count). The van der Waals surface area contributed by atoms with Gasteiger partial charge < -0.3 is 10.6 Å². The lowest BCUT2D eigenvalue weighted by Crippen LogP contribution is -2.42. The van der Waals surface area contributed by atoms with Crippen LogP contribution in [0.4, 0.5) is 5.82 Å². The fourth-order valence-corrected chi connectivity index (χ4v) is 3.54. The van der Waals surface area contributed by atoms with E-state index in [0.717, 1.165) is 47.6 Å². The van der Waals surface area contributed by atoms with Crippen molar-refractivity contribution in [2.75, 3.05) is 18.8 Å². The summed E-state index contributed by atoms with van der Waals surface area (Å²) in [7, 11) is 0. The smallest absolute Gasteiger partial charge is 0.227 e. The van der Waals surface area contributed by atoms with Gasteiger partial charge >= 0.3 is 0 Å². The van der Waals surface area contributed by atoms with E-state index in [9.17, 15) is 4.79 Å². The Bertz CT molecular complexity index is 842. The van der Waals surface area contributed by atoms with Crippen LogP contribution in [0.15, 0.2) is 46.5 Å². The molecule has 2 aliphatic heterocycles. The number of aliphatic imine (C=N–C) groups is 2. The molecule has 0 spiro atoms. The molecule has 0 atom stereocenters. The number of amides is 1. The third kappa shape index (κ3) is 2.58. The van der Waals surface area contributed by atoms with Crippen molar-refractivity contribution >= 4 is 34.5 Å². The third-order valence-corrected chi connectivity index (χ3v) is 4.82. The third-order valence-electron chi connectivity index (χ3n) is 3.82. The Labute approximate surface area is 143 Å². The number of fused-ring (bicyclic) bond motifs is 3. The fraction of sp³-hybridized carbons (Fsp3) is 0.250. The van der Waals surface area contributed by atoms with Crippen LogP contribution < -0.4 is 5.73 Å². The molecule has 1 amide bonds. The molecular formula is C16H16N6OS. The molecule has 2 aromatic rings. The Hall–Kier alpha value is -2.61. The normalized spacial score (nSPS) is 16.1. The average molecular weight is 340 g/mol. The second-order valence-corrected chi connectivity index (χ2v) is 6.43. The Morgan fingerprint density at radius 2 is 2.12 bits per heavy atom. The zero-order valence-electron chi connectivity index (χ0n) is 12.9. The Morgan fingerprint density at radius 3 is 2.92 bits per heavy atom. The lowest BCUT2D eigenvalue weighted by Gasteiger charge is -2.32. The van der Waals surface area contributed by atoms with Crippen LogP contribution in [0.3, 0.4) is 0 Å². The molecule has 7 nitrogen and oxygen atoms in total. The molecule has 2 aliphatic rings. The lowest BCUT2D eigenvalue weighted by molar-refractivity contribution is -0.115. The first-order valence-electron chi connectivity index (χ1n) is 7.69. The van der Waals surface area contributed by atoms with Gasteiger partial charge in [0.1, 0.15) is 5.84 Å². The van der Waals surface area contributed by atoms with Gasteiger partial charge in [0.15, 0.2) is 11.0 Å². The van der Waals surface area contributed by atoms with Crippen LogP contribution in [0.1, 0.15) is 12.0 Å². The van der Waals surface area contributed by atoms with Crippen molar-refractivity contribution in [3.05, 3.63) is 42.1 Å². The fourth-order valence-electron chi connectivity index (χ4n) is 2.78. The van der Waals surface area contributed by atoms with Crippen LogP contribution in [0, 0.1) is 0 Å². The first-order valence-corrected chi connectivity index (χ1v) is 8.68. The summed E-state index contributed by atoms with van der Waals surface area (Å²) in [6, 6.07) is 9.85. The largest absolute Gasteiger partial charge is 0.369 e. The molecule has 24 heavy (non-hydrogen) atoms. The first-order chi connectivity index (χ1) is 11.7. The maximum Gasteiger partial charge on any atom is 0.227 e. The molecule has 0 aliphatic carbocycles. The van der Waals surface area contributed by atoms with Crippen LogP contribution >= 0.6 is 11.8 Å². The van der Waals surface area contributed by atoms with Gasteiger partial charge in [-0.15, -0.1) is 0 Å². The topological polar surface area (TPSA) is 88.9 Å². The summed E-state index contributed by atoms with van der Waals surface area (Å²) in [5, 5.41) is 5.24. The van der Waals surface area contributed by atoms with Crippen LogP contribution in [0.5, 0.6) is 0 Å². The van der Waals surface area contributed by atoms with Crippen molar-refractivity contribution in [3.8, 4) is 5.69 Å². The van der Waals surface area contributed by atoms with Crippen LogP contribution in [-0.2, 0) is 4.79 Å². The van der Waals surface area contributed by atoms with Crippen molar-refractivity contribution in [1.82, 2.24) is 14.7 Å². The highest BCUT2D eigenvalue weighted by Crippen LogP contribution is 2.33. The quantitative estimate of drug-likeness (QED) is 0.918. The number of hydrogen-bond donors (Lipinski definition) is 1. The van der Waals surface area contributed by atoms with E-state index in [1.807, 2.05) is 30.3 Å². The molecule has 1 aromatic heterocycles. The summed E-state index contributed by atoms with van der Waals surface area (Å²) in [6.07, 6.45) is 2.76. The molecule has 122 valence electrons. The summed E-state index contributed by atoms with van der Waals surface area (Å²) in [5.74, 6) is 1.45. The number of amidine groups is 2. The van der Waals surface area contributed by atoms with Gasteiger partial charge in [0.2, 0.25) is 5.91 Å². The number of rotatable bonds is 3. The minimum absolute atomic E-state index is 0.192. The van der Waals surface area contributed by atoms with E-state index in [2.05, 4.69) is 15.0 Å². The zero-order chi connectivity index (χ0) is 16.5. The minimum atomic E-state index is -0.361. The van der Waals surface area contributed by atoms with Crippen LogP contribution in [0.25, 0.3) is 5.69 Å². The van der Waals surface area contributed by atoms with Gasteiger partial charge in [0, 0.05) is 13.1 Å². The number of carbonyl (C=O) groups is 1. The van der Waals surface area contributed by atoms with Gasteiger partial charge in [-0.1, -0.05) is 30.0 Å². The highest BCUT2D eigenvalue weighted by atomic mass is 32.2. The summed E-state index contributed by atoms with van der Waals surface area (Å²) < 4.78 is 1.80. The number of hydrogen-bond acceptors (Lipinski definition) is 6. The predicted octanol–water partition coefficient (Wildman–Crippen LogP) is 1.54. The van der Waals surface area contributed by atoms with E-state index in [1.165, 1.54) is 11.8 Å². The van der Waals surface area contributed by atoms with Crippen LogP contribution in [-0.4, -0.2) is 50.4 Å². The predicted molar refractivity (Wildman–Crippen MR) is 95.0 cm³/mol. The molecule has 0 fully saturated rings. The van der Waals surface area contributed by atoms with Gasteiger partial charge in [-0.2, -0.15) is 5.10 Å². The zero-order valence-corrected chi connectivity index (χ0v) is 13.7. The maximum absolute atomic E-state index is 11.2. The number of primary amides is 1. The molecule has 0 radical (unpaired) electrons. The van der Waals surface area contributed by atoms with Gasteiger partial charge in [-0.05, 0) is 18.6 Å². The number of thioether (sulfide) groups is 1. The molecular weight excluding hydrogens is 324 g/mol. The van der Waals surface area contributed by atoms with Gasteiger partial charge in [-0.3, -0.25) is 9.79 Å². The average Bonchev–Trinajstić information content (AvgIpc) is 3.04. The maximum atomic E-state index is 11.2. The molecule has 1 aromatic carbocycles. The summed E-state index contributed by atoms with van der Waals surface area (Å²) >= 11 is 1.34. The highest BCUT2D eigenvalue weighted by molar-refractivity contribution is 8.14. The van der Waals surface area contributed by atoms with E-state index in [0.29, 0.717) is 0 Å². The molecule has 0 saturated heterocycles. The number of para-hydroxylation sites is 1. The van der Waals surface area contributed by atoms with Crippen molar-refractivity contribution in [2.45, 2.75) is 6.42 Å². The number of carbonyl (C=O) groups excluding carboxylic acids is 1. The van der Waals surface area contributed by atoms with E-state index < -0.39 is 0 Å². The van der Waals surface area contributed by atoms with Crippen molar-refractivity contribution < 1.29 is 4.79 Å². The van der Waals surface area contributed by atoms with Gasteiger partial charge in [0.25, 0.3) is 0 Å². The number of aromatic nitrogens is 2. The Balaban J connectivity index is 1.81. The SMILES string of the molecule is NC(=O)CSC1=Nc2c(cnn2-c2ccccc2)C2=NCCCN12. The Kier molecular flexibility index (Phi) is 3.81. The van der Waals surface area contributed by atoms with Crippen molar-refractivity contribution in [1.29, 1.82) is 0 Å². The van der Waals surface area contributed by atoms with Crippen molar-refractivity contribution in [2.24, 2.45) is 15.7 Å². The molecule has 0 bridgehead atoms. The molecule has 3 heterocycles. The second kappa shape index (κ2) is 6.12. The number of nitrogens with two attached hydrogens (primary N) is 1. The second-order valence-electron chi connectivity index (χ2n) is 5.49. The number of nitrogens with zero attached hydrogens (tertiary/aromatic N) is 5.